The second-order valence-electron chi connectivity index (χ2n) is 1.53. The number of hydrogen-bond acceptors (Lipinski definition) is 2. The van der Waals surface area contributed by atoms with Crippen LogP contribution in [0.15, 0.2) is 23.9 Å². The van der Waals surface area contributed by atoms with E-state index in [9.17, 15) is 4.79 Å². The van der Waals surface area contributed by atoms with Gasteiger partial charge in [0.25, 0.3) is 0 Å². The zero-order valence-corrected chi connectivity index (χ0v) is 4.59. The Morgan fingerprint density at radius 2 is 2.56 bits per heavy atom. The monoisotopic (exact) mass is 123 g/mol. The Bertz CT molecular complexity index is 181. The van der Waals surface area contributed by atoms with Gasteiger partial charge in [0.1, 0.15) is 6.54 Å². The number of aliphatic carboxylic acids is 1. The van der Waals surface area contributed by atoms with Crippen molar-refractivity contribution in [1.82, 2.24) is 5.32 Å². The van der Waals surface area contributed by atoms with Gasteiger partial charge in [-0.3, -0.25) is 0 Å². The maximum Gasteiger partial charge on any atom is 0.335 e. The van der Waals surface area contributed by atoms with Crippen molar-refractivity contribution in [2.24, 2.45) is 0 Å². The molecule has 2 N–H and O–H groups in total. The lowest BCUT2D eigenvalue weighted by Gasteiger charge is -2.00. The molecule has 0 aliphatic carbocycles. The van der Waals surface area contributed by atoms with E-state index >= 15 is 0 Å². The Balaban J connectivity index is 2.69. The molecule has 2 radical (unpaired) electrons. The molecule has 0 bridgehead atoms. The quantitative estimate of drug-likeness (QED) is 0.522. The SMILES string of the molecule is O=C(O)C1=C[C]NC=C1. The zero-order valence-electron chi connectivity index (χ0n) is 4.59. The van der Waals surface area contributed by atoms with E-state index in [0.29, 0.717) is 0 Å². The molecular formula is C6H5NO2. The standard InChI is InChI=1S/C6H5NO2/c8-6(9)5-1-3-7-4-2-5/h1-3,7H,(H,8,9). The molecule has 3 heteroatoms. The van der Waals surface area contributed by atoms with Crippen LogP contribution in [0.1, 0.15) is 0 Å². The van der Waals surface area contributed by atoms with Gasteiger partial charge in [-0.2, -0.15) is 0 Å². The third-order valence-electron chi connectivity index (χ3n) is 0.904. The predicted molar refractivity (Wildman–Crippen MR) is 31.2 cm³/mol. The Hall–Kier alpha value is -1.25. The molecule has 1 heterocycles. The van der Waals surface area contributed by atoms with Gasteiger partial charge in [-0.15, -0.1) is 0 Å². The van der Waals surface area contributed by atoms with Crippen LogP contribution in [-0.4, -0.2) is 11.1 Å². The summed E-state index contributed by atoms with van der Waals surface area (Å²) in [6.07, 6.45) is 4.37. The van der Waals surface area contributed by atoms with Crippen molar-refractivity contribution in [1.29, 1.82) is 0 Å². The lowest BCUT2D eigenvalue weighted by molar-refractivity contribution is -0.132. The number of dihydropyridines is 1. The van der Waals surface area contributed by atoms with E-state index in [1.807, 2.05) is 0 Å². The van der Waals surface area contributed by atoms with Crippen molar-refractivity contribution in [3.63, 3.8) is 0 Å². The number of carboxylic acid groups (broad SMARTS) is 1. The minimum absolute atomic E-state index is 0.244. The van der Waals surface area contributed by atoms with Gasteiger partial charge in [-0.1, -0.05) is 0 Å². The lowest BCUT2D eigenvalue weighted by atomic mass is 10.2. The molecule has 0 spiro atoms. The predicted octanol–water partition coefficient (Wildman–Crippen LogP) is 0.153. The van der Waals surface area contributed by atoms with E-state index in [2.05, 4.69) is 11.9 Å². The van der Waals surface area contributed by atoms with E-state index in [0.717, 1.165) is 0 Å². The van der Waals surface area contributed by atoms with Crippen LogP contribution in [0.5, 0.6) is 0 Å². The molecule has 0 aromatic rings. The fourth-order valence-electron chi connectivity index (χ4n) is 0.480. The molecule has 0 aromatic heterocycles. The zero-order chi connectivity index (χ0) is 6.69. The molecule has 1 aliphatic heterocycles. The third-order valence-corrected chi connectivity index (χ3v) is 0.904. The van der Waals surface area contributed by atoms with Crippen LogP contribution in [0.25, 0.3) is 0 Å². The number of rotatable bonds is 1. The first-order chi connectivity index (χ1) is 4.30. The highest BCUT2D eigenvalue weighted by Crippen LogP contribution is 2.00. The van der Waals surface area contributed by atoms with Gasteiger partial charge in [0, 0.05) is 0 Å². The molecule has 3 nitrogen and oxygen atoms in total. The molecule has 1 rings (SSSR count). The van der Waals surface area contributed by atoms with Crippen LogP contribution in [0.4, 0.5) is 0 Å². The summed E-state index contributed by atoms with van der Waals surface area (Å²) in [6.45, 7) is 2.54. The first-order valence-electron chi connectivity index (χ1n) is 2.42. The molecule has 0 unspecified atom stereocenters. The fraction of sp³-hybridized carbons (Fsp3) is 0. The van der Waals surface area contributed by atoms with E-state index in [1.54, 1.807) is 0 Å². The van der Waals surface area contributed by atoms with Crippen molar-refractivity contribution < 1.29 is 9.90 Å². The van der Waals surface area contributed by atoms with Gasteiger partial charge >= 0.3 is 5.97 Å². The molecule has 0 amide bonds. The van der Waals surface area contributed by atoms with E-state index in [-0.39, 0.29) is 5.57 Å². The number of hydrogen-bond donors (Lipinski definition) is 2. The van der Waals surface area contributed by atoms with Crippen molar-refractivity contribution >= 4 is 5.97 Å². The molecule has 9 heavy (non-hydrogen) atoms. The van der Waals surface area contributed by atoms with Gasteiger partial charge in [0.05, 0.1) is 5.57 Å². The van der Waals surface area contributed by atoms with E-state index in [1.165, 1.54) is 18.4 Å². The number of nitrogens with one attached hydrogen (secondary N) is 1. The summed E-state index contributed by atoms with van der Waals surface area (Å²) in [5.74, 6) is -0.930. The van der Waals surface area contributed by atoms with Crippen LogP contribution in [0, 0.1) is 6.54 Å². The fourth-order valence-corrected chi connectivity index (χ4v) is 0.480. The molecule has 46 valence electrons. The molecule has 0 saturated carbocycles. The van der Waals surface area contributed by atoms with Crippen molar-refractivity contribution in [3.8, 4) is 0 Å². The summed E-state index contributed by atoms with van der Waals surface area (Å²) >= 11 is 0. The average molecular weight is 123 g/mol. The topological polar surface area (TPSA) is 49.3 Å². The van der Waals surface area contributed by atoms with Gasteiger partial charge < -0.3 is 10.4 Å². The van der Waals surface area contributed by atoms with Crippen molar-refractivity contribution in [3.05, 3.63) is 30.5 Å². The smallest absolute Gasteiger partial charge is 0.335 e. The minimum Gasteiger partial charge on any atom is -0.478 e. The minimum atomic E-state index is -0.930. The normalized spacial score (nSPS) is 16.2. The molecule has 0 saturated heterocycles. The van der Waals surface area contributed by atoms with Gasteiger partial charge in [0.2, 0.25) is 0 Å². The maximum absolute atomic E-state index is 10.2. The lowest BCUT2D eigenvalue weighted by Crippen LogP contribution is -2.07. The first kappa shape index (κ1) is 5.88. The highest BCUT2D eigenvalue weighted by Gasteiger charge is 2.03. The summed E-state index contributed by atoms with van der Waals surface area (Å²) in [5.41, 5.74) is 0.244. The maximum atomic E-state index is 10.2. The Morgan fingerprint density at radius 3 is 2.89 bits per heavy atom. The highest BCUT2D eigenvalue weighted by atomic mass is 16.4. The molecule has 0 atom stereocenters. The second kappa shape index (κ2) is 2.35. The summed E-state index contributed by atoms with van der Waals surface area (Å²) in [6, 6.07) is 0. The van der Waals surface area contributed by atoms with Gasteiger partial charge in [-0.25, -0.2) is 4.79 Å². The molecule has 0 aromatic carbocycles. The van der Waals surface area contributed by atoms with Gasteiger partial charge in [0.15, 0.2) is 0 Å². The number of carbonyl (C=O) groups is 1. The second-order valence-corrected chi connectivity index (χ2v) is 1.53. The molecule has 1 aliphatic rings. The average Bonchev–Trinajstić information content (AvgIpc) is 1.90. The number of carboxylic acids is 1. The summed E-state index contributed by atoms with van der Waals surface area (Å²) in [4.78, 5) is 10.2. The van der Waals surface area contributed by atoms with Crippen LogP contribution in [-0.2, 0) is 4.79 Å². The van der Waals surface area contributed by atoms with Crippen LogP contribution >= 0.6 is 0 Å². The van der Waals surface area contributed by atoms with Crippen LogP contribution in [0.3, 0.4) is 0 Å². The molecular weight excluding hydrogens is 118 g/mol. The van der Waals surface area contributed by atoms with E-state index < -0.39 is 5.97 Å². The largest absolute Gasteiger partial charge is 0.478 e. The Labute approximate surface area is 52.7 Å². The Morgan fingerprint density at radius 1 is 1.78 bits per heavy atom. The molecule has 0 fully saturated rings. The summed E-state index contributed by atoms with van der Waals surface area (Å²) in [7, 11) is 0. The summed E-state index contributed by atoms with van der Waals surface area (Å²) in [5, 5.41) is 11.0. The highest BCUT2D eigenvalue weighted by molar-refractivity contribution is 5.90. The van der Waals surface area contributed by atoms with Crippen molar-refractivity contribution in [2.75, 3.05) is 0 Å². The third kappa shape index (κ3) is 1.32. The van der Waals surface area contributed by atoms with Gasteiger partial charge in [-0.05, 0) is 18.4 Å². The van der Waals surface area contributed by atoms with Crippen LogP contribution in [0.2, 0.25) is 0 Å². The van der Waals surface area contributed by atoms with E-state index in [4.69, 9.17) is 5.11 Å². The first-order valence-corrected chi connectivity index (χ1v) is 2.42. The Kier molecular flexibility index (Phi) is 1.53. The van der Waals surface area contributed by atoms with Crippen LogP contribution < -0.4 is 5.32 Å². The summed E-state index contributed by atoms with van der Waals surface area (Å²) < 4.78 is 0. The van der Waals surface area contributed by atoms with Crippen molar-refractivity contribution in [2.45, 2.75) is 0 Å².